The van der Waals surface area contributed by atoms with Gasteiger partial charge in [0.05, 0.1) is 0 Å². The summed E-state index contributed by atoms with van der Waals surface area (Å²) in [7, 11) is 1.73. The second-order valence-corrected chi connectivity index (χ2v) is 4.27. The summed E-state index contributed by atoms with van der Waals surface area (Å²) in [6, 6.07) is 5.26. The predicted octanol–water partition coefficient (Wildman–Crippen LogP) is 3.53. The maximum atomic E-state index is 11.5. The van der Waals surface area contributed by atoms with Crippen LogP contribution in [0.2, 0.25) is 10.0 Å². The number of halogens is 2. The number of carbonyl (C=O) groups is 1. The minimum Gasteiger partial charge on any atom is -0.338 e. The molecule has 1 rings (SSSR count). The lowest BCUT2D eigenvalue weighted by molar-refractivity contribution is -0.125. The lowest BCUT2D eigenvalue weighted by Gasteiger charge is -2.16. The number of rotatable bonds is 3. The van der Waals surface area contributed by atoms with E-state index >= 15 is 0 Å². The number of benzene rings is 1. The molecule has 2 nitrogen and oxygen atoms in total. The van der Waals surface area contributed by atoms with Gasteiger partial charge in [-0.2, -0.15) is 0 Å². The van der Waals surface area contributed by atoms with Gasteiger partial charge in [0.25, 0.3) is 0 Å². The second kappa shape index (κ2) is 5.92. The first-order valence-corrected chi connectivity index (χ1v) is 5.62. The monoisotopic (exact) mass is 257 g/mol. The van der Waals surface area contributed by atoms with E-state index in [0.29, 0.717) is 16.6 Å². The van der Waals surface area contributed by atoms with E-state index < -0.39 is 0 Å². The maximum absolute atomic E-state index is 11.5. The summed E-state index contributed by atoms with van der Waals surface area (Å²) in [6.45, 7) is 2.28. The third-order valence-corrected chi connectivity index (χ3v) is 2.70. The Bertz CT molecular complexity index is 415. The molecule has 0 aliphatic rings. The largest absolute Gasteiger partial charge is 0.338 e. The molecule has 1 aromatic carbocycles. The summed E-state index contributed by atoms with van der Waals surface area (Å²) >= 11 is 11.8. The summed E-state index contributed by atoms with van der Waals surface area (Å²) in [4.78, 5) is 13.1. The highest BCUT2D eigenvalue weighted by atomic mass is 35.5. The first kappa shape index (κ1) is 13.1. The van der Waals surface area contributed by atoms with Gasteiger partial charge in [-0.3, -0.25) is 4.79 Å². The van der Waals surface area contributed by atoms with E-state index in [0.717, 1.165) is 5.56 Å². The van der Waals surface area contributed by atoms with Gasteiger partial charge in [-0.1, -0.05) is 35.3 Å². The molecule has 0 aromatic heterocycles. The number of hydrogen-bond donors (Lipinski definition) is 0. The summed E-state index contributed by atoms with van der Waals surface area (Å²) in [6.07, 6.45) is 3.23. The van der Waals surface area contributed by atoms with Gasteiger partial charge in [0.2, 0.25) is 5.91 Å². The third kappa shape index (κ3) is 3.54. The zero-order valence-corrected chi connectivity index (χ0v) is 10.7. The van der Waals surface area contributed by atoms with Crippen LogP contribution in [-0.2, 0) is 11.3 Å². The highest BCUT2D eigenvalue weighted by Gasteiger charge is 2.08. The van der Waals surface area contributed by atoms with Crippen molar-refractivity contribution in [2.75, 3.05) is 7.05 Å². The molecule has 0 fully saturated rings. The van der Waals surface area contributed by atoms with Crippen molar-refractivity contribution in [1.82, 2.24) is 4.90 Å². The Hall–Kier alpha value is -0.990. The van der Waals surface area contributed by atoms with E-state index in [1.54, 1.807) is 37.1 Å². The molecule has 0 heterocycles. The van der Waals surface area contributed by atoms with Crippen molar-refractivity contribution in [1.29, 1.82) is 0 Å². The maximum Gasteiger partial charge on any atom is 0.246 e. The van der Waals surface area contributed by atoms with Gasteiger partial charge >= 0.3 is 0 Å². The standard InChI is InChI=1S/C12H13Cl2NO/c1-3-4-12(16)15(2)8-9-5-6-10(13)7-11(9)14/h3-7H,8H2,1-2H3. The highest BCUT2D eigenvalue weighted by Crippen LogP contribution is 2.21. The Labute approximate surface area is 105 Å². The van der Waals surface area contributed by atoms with Crippen molar-refractivity contribution in [3.63, 3.8) is 0 Å². The Morgan fingerprint density at radius 3 is 2.69 bits per heavy atom. The molecule has 4 heteroatoms. The smallest absolute Gasteiger partial charge is 0.246 e. The molecule has 1 amide bonds. The number of nitrogens with zero attached hydrogens (tertiary/aromatic N) is 1. The summed E-state index contributed by atoms with van der Waals surface area (Å²) < 4.78 is 0. The van der Waals surface area contributed by atoms with Crippen LogP contribution in [0.3, 0.4) is 0 Å². The second-order valence-electron chi connectivity index (χ2n) is 3.43. The highest BCUT2D eigenvalue weighted by molar-refractivity contribution is 6.35. The van der Waals surface area contributed by atoms with Gasteiger partial charge in [0.1, 0.15) is 0 Å². The molecule has 0 saturated heterocycles. The van der Waals surface area contributed by atoms with Gasteiger partial charge in [0.15, 0.2) is 0 Å². The minimum absolute atomic E-state index is 0.0477. The quantitative estimate of drug-likeness (QED) is 0.759. The van der Waals surface area contributed by atoms with Crippen molar-refractivity contribution in [3.05, 3.63) is 46.0 Å². The van der Waals surface area contributed by atoms with Crippen molar-refractivity contribution >= 4 is 29.1 Å². The number of carbonyl (C=O) groups excluding carboxylic acids is 1. The van der Waals surface area contributed by atoms with Crippen molar-refractivity contribution in [2.45, 2.75) is 13.5 Å². The lowest BCUT2D eigenvalue weighted by Crippen LogP contribution is -2.24. The Morgan fingerprint density at radius 1 is 1.44 bits per heavy atom. The van der Waals surface area contributed by atoms with Gasteiger partial charge in [-0.25, -0.2) is 0 Å². The minimum atomic E-state index is -0.0477. The van der Waals surface area contributed by atoms with Crippen LogP contribution < -0.4 is 0 Å². The van der Waals surface area contributed by atoms with Crippen LogP contribution in [0.25, 0.3) is 0 Å². The molecular weight excluding hydrogens is 245 g/mol. The van der Waals surface area contributed by atoms with Crippen LogP contribution in [0.1, 0.15) is 12.5 Å². The SMILES string of the molecule is CC=CC(=O)N(C)Cc1ccc(Cl)cc1Cl. The summed E-state index contributed by atoms with van der Waals surface area (Å²) in [5, 5.41) is 1.17. The molecule has 0 radical (unpaired) electrons. The van der Waals surface area contributed by atoms with Crippen molar-refractivity contribution < 1.29 is 4.79 Å². The molecule has 1 aromatic rings. The lowest BCUT2D eigenvalue weighted by atomic mass is 10.2. The normalized spacial score (nSPS) is 10.8. The molecule has 0 aliphatic carbocycles. The van der Waals surface area contributed by atoms with Gasteiger partial charge in [-0.15, -0.1) is 0 Å². The molecule has 0 aliphatic heterocycles. The van der Waals surface area contributed by atoms with E-state index in [-0.39, 0.29) is 5.91 Å². The van der Waals surface area contributed by atoms with Crippen molar-refractivity contribution in [3.8, 4) is 0 Å². The summed E-state index contributed by atoms with van der Waals surface area (Å²) in [5.74, 6) is -0.0477. The number of allylic oxidation sites excluding steroid dienone is 1. The average molecular weight is 258 g/mol. The molecule has 16 heavy (non-hydrogen) atoms. The fourth-order valence-corrected chi connectivity index (χ4v) is 1.72. The van der Waals surface area contributed by atoms with Crippen LogP contribution >= 0.6 is 23.2 Å². The van der Waals surface area contributed by atoms with Gasteiger partial charge < -0.3 is 4.90 Å². The molecule has 0 N–H and O–H groups in total. The molecule has 0 saturated carbocycles. The first-order chi connectivity index (χ1) is 7.54. The topological polar surface area (TPSA) is 20.3 Å². The van der Waals surface area contributed by atoms with E-state index in [4.69, 9.17) is 23.2 Å². The van der Waals surface area contributed by atoms with E-state index in [1.807, 2.05) is 6.07 Å². The predicted molar refractivity (Wildman–Crippen MR) is 67.8 cm³/mol. The number of hydrogen-bond acceptors (Lipinski definition) is 1. The Balaban J connectivity index is 2.77. The van der Waals surface area contributed by atoms with Crippen molar-refractivity contribution in [2.24, 2.45) is 0 Å². The van der Waals surface area contributed by atoms with Gasteiger partial charge in [-0.05, 0) is 30.7 Å². The number of amides is 1. The fourth-order valence-electron chi connectivity index (χ4n) is 1.25. The summed E-state index contributed by atoms with van der Waals surface area (Å²) in [5.41, 5.74) is 0.881. The van der Waals surface area contributed by atoms with E-state index in [2.05, 4.69) is 0 Å². The first-order valence-electron chi connectivity index (χ1n) is 4.86. The van der Waals surface area contributed by atoms with Crippen LogP contribution in [-0.4, -0.2) is 17.9 Å². The molecule has 0 unspecified atom stereocenters. The zero-order chi connectivity index (χ0) is 12.1. The molecule has 86 valence electrons. The third-order valence-electron chi connectivity index (χ3n) is 2.11. The van der Waals surface area contributed by atoms with Crippen LogP contribution in [0.15, 0.2) is 30.4 Å². The zero-order valence-electron chi connectivity index (χ0n) is 9.21. The van der Waals surface area contributed by atoms with Crippen LogP contribution in [0, 0.1) is 0 Å². The molecule has 0 spiro atoms. The van der Waals surface area contributed by atoms with E-state index in [9.17, 15) is 4.79 Å². The number of likely N-dealkylation sites (N-methyl/N-ethyl adjacent to an activating group) is 1. The Morgan fingerprint density at radius 2 is 2.12 bits per heavy atom. The average Bonchev–Trinajstić information content (AvgIpc) is 2.22. The molecule has 0 atom stereocenters. The fraction of sp³-hybridized carbons (Fsp3) is 0.250. The van der Waals surface area contributed by atoms with Crippen LogP contribution in [0.4, 0.5) is 0 Å². The molecular formula is C12H13Cl2NO. The van der Waals surface area contributed by atoms with Gasteiger partial charge in [0, 0.05) is 23.6 Å². The van der Waals surface area contributed by atoms with Crippen LogP contribution in [0.5, 0.6) is 0 Å². The molecule has 0 bridgehead atoms. The van der Waals surface area contributed by atoms with E-state index in [1.165, 1.54) is 6.08 Å². The Kier molecular flexibility index (Phi) is 4.84.